The number of fused-ring (bicyclic) bond motifs is 1. The number of ether oxygens (including phenoxy) is 1. The summed E-state index contributed by atoms with van der Waals surface area (Å²) in [5, 5.41) is 0.676. The van der Waals surface area contributed by atoms with Gasteiger partial charge in [-0.2, -0.15) is 0 Å². The van der Waals surface area contributed by atoms with Crippen molar-refractivity contribution in [1.82, 2.24) is 9.97 Å². The number of rotatable bonds is 2. The van der Waals surface area contributed by atoms with Crippen molar-refractivity contribution in [3.63, 3.8) is 0 Å². The largest absolute Gasteiger partial charge is 0.378 e. The maximum atomic E-state index is 6.31. The minimum atomic E-state index is 0.296. The Labute approximate surface area is 113 Å². The van der Waals surface area contributed by atoms with Gasteiger partial charge >= 0.3 is 0 Å². The fourth-order valence-electron chi connectivity index (χ4n) is 2.87. The van der Waals surface area contributed by atoms with Crippen LogP contribution in [-0.4, -0.2) is 22.7 Å². The predicted molar refractivity (Wildman–Crippen MR) is 71.0 cm³/mol. The molecule has 1 aromatic heterocycles. The quantitative estimate of drug-likeness (QED) is 0.609. The minimum Gasteiger partial charge on any atom is -0.378 e. The maximum Gasteiger partial charge on any atom is 0.136 e. The molecule has 1 aliphatic carbocycles. The molecule has 98 valence electrons. The average Bonchev–Trinajstić information content (AvgIpc) is 2.73. The van der Waals surface area contributed by atoms with Crippen molar-refractivity contribution in [1.29, 1.82) is 0 Å². The van der Waals surface area contributed by atoms with Gasteiger partial charge in [-0.15, -0.1) is 0 Å². The summed E-state index contributed by atoms with van der Waals surface area (Å²) in [6.07, 6.45) is 9.18. The van der Waals surface area contributed by atoms with Crippen molar-refractivity contribution in [2.24, 2.45) is 0 Å². The third kappa shape index (κ3) is 2.67. The number of halogens is 1. The molecule has 1 aromatic rings. The number of aryl methyl sites for hydroxylation is 1. The Hall–Kier alpha value is -0.670. The lowest BCUT2D eigenvalue weighted by molar-refractivity contribution is 0.110. The fourth-order valence-corrected chi connectivity index (χ4v) is 3.17. The first-order chi connectivity index (χ1) is 8.83. The summed E-state index contributed by atoms with van der Waals surface area (Å²) >= 11 is 6.31. The van der Waals surface area contributed by atoms with Gasteiger partial charge in [0.25, 0.3) is 0 Å². The normalized spacial score (nSPS) is 23.7. The molecule has 0 bridgehead atoms. The van der Waals surface area contributed by atoms with Crippen LogP contribution >= 0.6 is 11.6 Å². The Bertz CT molecular complexity index is 430. The monoisotopic (exact) mass is 266 g/mol. The zero-order chi connectivity index (χ0) is 12.4. The van der Waals surface area contributed by atoms with Gasteiger partial charge in [-0.3, -0.25) is 0 Å². The van der Waals surface area contributed by atoms with Gasteiger partial charge in [0.1, 0.15) is 11.0 Å². The Morgan fingerprint density at radius 1 is 1.11 bits per heavy atom. The van der Waals surface area contributed by atoms with Crippen LogP contribution < -0.4 is 0 Å². The summed E-state index contributed by atoms with van der Waals surface area (Å²) in [6, 6.07) is 0. The van der Waals surface area contributed by atoms with E-state index in [9.17, 15) is 0 Å². The van der Waals surface area contributed by atoms with Crippen molar-refractivity contribution in [3.05, 3.63) is 22.2 Å². The van der Waals surface area contributed by atoms with Crippen molar-refractivity contribution in [3.8, 4) is 0 Å². The third-order valence-electron chi connectivity index (χ3n) is 3.86. The second kappa shape index (κ2) is 5.54. The molecular weight excluding hydrogens is 248 g/mol. The molecule has 0 N–H and O–H groups in total. The smallest absolute Gasteiger partial charge is 0.136 e. The molecule has 0 spiro atoms. The van der Waals surface area contributed by atoms with Crippen molar-refractivity contribution < 1.29 is 4.74 Å². The molecule has 0 radical (unpaired) electrons. The van der Waals surface area contributed by atoms with Crippen LogP contribution in [0.1, 0.15) is 49.2 Å². The van der Waals surface area contributed by atoms with Gasteiger partial charge in [0.05, 0.1) is 6.10 Å². The van der Waals surface area contributed by atoms with E-state index in [4.69, 9.17) is 21.3 Å². The summed E-state index contributed by atoms with van der Waals surface area (Å²) in [5.74, 6) is 0.868. The van der Waals surface area contributed by atoms with Crippen molar-refractivity contribution in [2.75, 3.05) is 6.61 Å². The van der Waals surface area contributed by atoms with Crippen LogP contribution in [0.25, 0.3) is 0 Å². The first-order valence-corrected chi connectivity index (χ1v) is 7.36. The molecule has 1 saturated heterocycles. The summed E-state index contributed by atoms with van der Waals surface area (Å²) in [5.41, 5.74) is 2.37. The number of hydrogen-bond donors (Lipinski definition) is 0. The Balaban J connectivity index is 1.82. The highest BCUT2D eigenvalue weighted by Crippen LogP contribution is 2.25. The SMILES string of the molecule is Clc1nc(CC2CCCO2)nc2c1CCCCC2. The zero-order valence-corrected chi connectivity index (χ0v) is 11.4. The molecule has 4 heteroatoms. The summed E-state index contributed by atoms with van der Waals surface area (Å²) in [6.45, 7) is 0.878. The van der Waals surface area contributed by atoms with E-state index in [1.807, 2.05) is 0 Å². The standard InChI is InChI=1S/C14H19ClN2O/c15-14-11-6-2-1-3-7-12(11)16-13(17-14)9-10-5-4-8-18-10/h10H,1-9H2. The molecule has 2 aliphatic rings. The molecule has 1 aliphatic heterocycles. The average molecular weight is 267 g/mol. The van der Waals surface area contributed by atoms with Gasteiger partial charge in [0.15, 0.2) is 0 Å². The first kappa shape index (κ1) is 12.4. The van der Waals surface area contributed by atoms with Crippen LogP contribution in [0.15, 0.2) is 0 Å². The third-order valence-corrected chi connectivity index (χ3v) is 4.18. The Kier molecular flexibility index (Phi) is 3.80. The highest BCUT2D eigenvalue weighted by Gasteiger charge is 2.20. The van der Waals surface area contributed by atoms with Gasteiger partial charge in [0.2, 0.25) is 0 Å². The molecule has 1 atom stereocenters. The lowest BCUT2D eigenvalue weighted by atomic mass is 10.1. The molecule has 18 heavy (non-hydrogen) atoms. The molecular formula is C14H19ClN2O. The molecule has 3 nitrogen and oxygen atoms in total. The number of hydrogen-bond acceptors (Lipinski definition) is 3. The van der Waals surface area contributed by atoms with E-state index in [2.05, 4.69) is 4.98 Å². The highest BCUT2D eigenvalue weighted by atomic mass is 35.5. The van der Waals surface area contributed by atoms with Gasteiger partial charge < -0.3 is 4.74 Å². The van der Waals surface area contributed by atoms with E-state index >= 15 is 0 Å². The second-order valence-corrected chi connectivity index (χ2v) is 5.61. The van der Waals surface area contributed by atoms with Crippen LogP contribution in [0, 0.1) is 0 Å². The fraction of sp³-hybridized carbons (Fsp3) is 0.714. The van der Waals surface area contributed by atoms with Crippen LogP contribution in [0.5, 0.6) is 0 Å². The van der Waals surface area contributed by atoms with Gasteiger partial charge in [-0.1, -0.05) is 18.0 Å². The van der Waals surface area contributed by atoms with Crippen LogP contribution in [-0.2, 0) is 24.0 Å². The number of aromatic nitrogens is 2. The lowest BCUT2D eigenvalue weighted by Gasteiger charge is -2.12. The van der Waals surface area contributed by atoms with Crippen molar-refractivity contribution in [2.45, 2.75) is 57.5 Å². The summed E-state index contributed by atoms with van der Waals surface area (Å²) < 4.78 is 5.64. The Morgan fingerprint density at radius 2 is 2.00 bits per heavy atom. The van der Waals surface area contributed by atoms with Crippen LogP contribution in [0.2, 0.25) is 5.15 Å². The van der Waals surface area contributed by atoms with E-state index in [0.29, 0.717) is 11.3 Å². The topological polar surface area (TPSA) is 35.0 Å². The molecule has 0 saturated carbocycles. The Morgan fingerprint density at radius 3 is 2.83 bits per heavy atom. The maximum absolute atomic E-state index is 6.31. The van der Waals surface area contributed by atoms with Crippen LogP contribution in [0.4, 0.5) is 0 Å². The van der Waals surface area contributed by atoms with E-state index in [-0.39, 0.29) is 0 Å². The first-order valence-electron chi connectivity index (χ1n) is 6.98. The van der Waals surface area contributed by atoms with E-state index < -0.39 is 0 Å². The molecule has 2 heterocycles. The van der Waals surface area contributed by atoms with Gasteiger partial charge in [-0.25, -0.2) is 9.97 Å². The van der Waals surface area contributed by atoms with Gasteiger partial charge in [0, 0.05) is 24.3 Å². The van der Waals surface area contributed by atoms with Crippen LogP contribution in [0.3, 0.4) is 0 Å². The minimum absolute atomic E-state index is 0.296. The molecule has 3 rings (SSSR count). The molecule has 0 amide bonds. The van der Waals surface area contributed by atoms with Gasteiger partial charge in [-0.05, 0) is 38.5 Å². The predicted octanol–water partition coefficient (Wildman–Crippen LogP) is 3.12. The number of nitrogens with zero attached hydrogens (tertiary/aromatic N) is 2. The highest BCUT2D eigenvalue weighted by molar-refractivity contribution is 6.30. The van der Waals surface area contributed by atoms with E-state index in [1.165, 1.54) is 30.5 Å². The summed E-state index contributed by atoms with van der Waals surface area (Å²) in [4.78, 5) is 9.19. The van der Waals surface area contributed by atoms with E-state index in [0.717, 1.165) is 44.5 Å². The lowest BCUT2D eigenvalue weighted by Crippen LogP contribution is -2.13. The van der Waals surface area contributed by atoms with Crippen molar-refractivity contribution >= 4 is 11.6 Å². The molecule has 0 aromatic carbocycles. The summed E-state index contributed by atoms with van der Waals surface area (Å²) in [7, 11) is 0. The molecule has 1 fully saturated rings. The zero-order valence-electron chi connectivity index (χ0n) is 10.6. The van der Waals surface area contributed by atoms with E-state index in [1.54, 1.807) is 0 Å². The molecule has 1 unspecified atom stereocenters. The second-order valence-electron chi connectivity index (χ2n) is 5.26.